The van der Waals surface area contributed by atoms with Gasteiger partial charge in [0.05, 0.1) is 16.0 Å². The minimum absolute atomic E-state index is 0.0860. The maximum absolute atomic E-state index is 12.1. The molecule has 1 heterocycles. The lowest BCUT2D eigenvalue weighted by Gasteiger charge is -2.08. The maximum Gasteiger partial charge on any atom is 0.292 e. The largest absolute Gasteiger partial charge is 0.393 e. The molecular formula is C23H22N4O3. The van der Waals surface area contributed by atoms with Crippen molar-refractivity contribution in [2.45, 2.75) is 13.3 Å². The predicted molar refractivity (Wildman–Crippen MR) is 119 cm³/mol. The number of nitro benzene ring substituents is 1. The third-order valence-electron chi connectivity index (χ3n) is 4.71. The van der Waals surface area contributed by atoms with E-state index >= 15 is 0 Å². The molecule has 0 radical (unpaired) electrons. The van der Waals surface area contributed by atoms with Crippen LogP contribution in [0.2, 0.25) is 0 Å². The topological polar surface area (TPSA) is 104 Å². The van der Waals surface area contributed by atoms with Gasteiger partial charge >= 0.3 is 0 Å². The number of hydrogen-bond acceptors (Lipinski definition) is 5. The zero-order chi connectivity index (χ0) is 21.7. The van der Waals surface area contributed by atoms with Crippen LogP contribution in [0, 0.1) is 10.1 Å². The fraction of sp³-hybridized carbons (Fsp3) is 0.130. The molecule has 0 amide bonds. The first-order valence-corrected chi connectivity index (χ1v) is 9.46. The van der Waals surface area contributed by atoms with Gasteiger partial charge in [0.2, 0.25) is 0 Å². The van der Waals surface area contributed by atoms with Crippen LogP contribution in [0.25, 0.3) is 22.0 Å². The predicted octanol–water partition coefficient (Wildman–Crippen LogP) is 4.34. The van der Waals surface area contributed by atoms with Gasteiger partial charge in [-0.2, -0.15) is 5.10 Å². The third kappa shape index (κ3) is 4.35. The minimum Gasteiger partial charge on any atom is -0.393 e. The maximum atomic E-state index is 12.1. The first kappa shape index (κ1) is 20.7. The molecule has 0 unspecified atom stereocenters. The van der Waals surface area contributed by atoms with Crippen molar-refractivity contribution in [1.82, 2.24) is 9.78 Å². The molecule has 0 fully saturated rings. The van der Waals surface area contributed by atoms with E-state index in [0.717, 1.165) is 6.42 Å². The molecule has 0 aliphatic heterocycles. The summed E-state index contributed by atoms with van der Waals surface area (Å²) in [5.41, 5.74) is 7.75. The van der Waals surface area contributed by atoms with Crippen LogP contribution in [0.5, 0.6) is 0 Å². The molecule has 0 atom stereocenters. The monoisotopic (exact) mass is 402 g/mol. The Labute approximate surface area is 173 Å². The molecular weight excluding hydrogens is 380 g/mol. The summed E-state index contributed by atoms with van der Waals surface area (Å²) in [7, 11) is 1.55. The number of rotatable bonds is 3. The summed E-state index contributed by atoms with van der Waals surface area (Å²) in [5.74, 6) is 0. The van der Waals surface area contributed by atoms with Crippen molar-refractivity contribution in [3.8, 4) is 11.3 Å². The van der Waals surface area contributed by atoms with Gasteiger partial charge in [-0.3, -0.25) is 14.9 Å². The van der Waals surface area contributed by atoms with Crippen molar-refractivity contribution in [2.24, 2.45) is 7.05 Å². The van der Waals surface area contributed by atoms with Gasteiger partial charge in [-0.1, -0.05) is 61.5 Å². The average Bonchev–Trinajstić information content (AvgIpc) is 2.77. The Bertz CT molecular complexity index is 1250. The highest BCUT2D eigenvalue weighted by Gasteiger charge is 2.16. The van der Waals surface area contributed by atoms with Crippen molar-refractivity contribution in [2.75, 3.05) is 5.73 Å². The summed E-state index contributed by atoms with van der Waals surface area (Å²) in [4.78, 5) is 22.6. The van der Waals surface area contributed by atoms with Gasteiger partial charge in [0, 0.05) is 24.1 Å². The van der Waals surface area contributed by atoms with Crippen molar-refractivity contribution < 1.29 is 4.92 Å². The molecule has 30 heavy (non-hydrogen) atoms. The Kier molecular flexibility index (Phi) is 6.22. The first-order valence-electron chi connectivity index (χ1n) is 9.46. The highest BCUT2D eigenvalue weighted by molar-refractivity contribution is 5.94. The molecule has 0 aliphatic carbocycles. The number of benzene rings is 3. The summed E-state index contributed by atoms with van der Waals surface area (Å²) < 4.78 is 1.22. The average molecular weight is 402 g/mol. The number of aromatic nitrogens is 2. The van der Waals surface area contributed by atoms with Crippen LogP contribution < -0.4 is 11.3 Å². The van der Waals surface area contributed by atoms with Gasteiger partial charge in [-0.15, -0.1) is 0 Å². The Hall–Kier alpha value is -4.00. The summed E-state index contributed by atoms with van der Waals surface area (Å²) in [5, 5.41) is 16.4. The van der Waals surface area contributed by atoms with E-state index in [9.17, 15) is 14.9 Å². The molecule has 0 spiro atoms. The first-order chi connectivity index (χ1) is 14.4. The molecule has 4 aromatic rings. The zero-order valence-electron chi connectivity index (χ0n) is 16.8. The summed E-state index contributed by atoms with van der Waals surface area (Å²) in [6.45, 7) is 2.16. The third-order valence-corrected chi connectivity index (χ3v) is 4.71. The van der Waals surface area contributed by atoms with E-state index in [1.165, 1.54) is 22.4 Å². The van der Waals surface area contributed by atoms with Gasteiger partial charge in [0.25, 0.3) is 11.2 Å². The van der Waals surface area contributed by atoms with E-state index in [-0.39, 0.29) is 16.9 Å². The molecule has 0 saturated carbocycles. The molecule has 152 valence electrons. The second-order valence-corrected chi connectivity index (χ2v) is 6.69. The van der Waals surface area contributed by atoms with Gasteiger partial charge in [0.15, 0.2) is 0 Å². The fourth-order valence-corrected chi connectivity index (χ4v) is 3.08. The van der Waals surface area contributed by atoms with Crippen LogP contribution in [0.1, 0.15) is 12.5 Å². The SMILES string of the molecule is CCc1ccccc1.Cn1nc(-c2ccc(N)c([N+](=O)[O-])c2)c2ccccc2c1=O. The number of nitrogens with two attached hydrogens (primary N) is 1. The number of anilines is 1. The fourth-order valence-electron chi connectivity index (χ4n) is 3.08. The van der Waals surface area contributed by atoms with Crippen LogP contribution in [-0.2, 0) is 13.5 Å². The lowest BCUT2D eigenvalue weighted by Crippen LogP contribution is -2.20. The molecule has 3 aromatic carbocycles. The second kappa shape index (κ2) is 9.00. The normalized spacial score (nSPS) is 10.3. The van der Waals surface area contributed by atoms with E-state index in [1.54, 1.807) is 37.4 Å². The molecule has 7 heteroatoms. The second-order valence-electron chi connectivity index (χ2n) is 6.69. The number of aryl methyl sites for hydroxylation is 2. The van der Waals surface area contributed by atoms with Crippen molar-refractivity contribution in [3.05, 3.63) is 98.8 Å². The van der Waals surface area contributed by atoms with Crippen LogP contribution in [-0.4, -0.2) is 14.7 Å². The molecule has 4 rings (SSSR count). The van der Waals surface area contributed by atoms with Crippen LogP contribution >= 0.6 is 0 Å². The van der Waals surface area contributed by atoms with Crippen LogP contribution in [0.4, 0.5) is 11.4 Å². The number of hydrogen-bond donors (Lipinski definition) is 1. The minimum atomic E-state index is -0.539. The highest BCUT2D eigenvalue weighted by Crippen LogP contribution is 2.30. The van der Waals surface area contributed by atoms with E-state index < -0.39 is 4.92 Å². The Morgan fingerprint density at radius 1 is 1.00 bits per heavy atom. The molecule has 0 saturated heterocycles. The van der Waals surface area contributed by atoms with E-state index in [2.05, 4.69) is 36.3 Å². The molecule has 0 bridgehead atoms. The molecule has 1 aromatic heterocycles. The smallest absolute Gasteiger partial charge is 0.292 e. The number of nitrogen functional groups attached to an aromatic ring is 1. The summed E-state index contributed by atoms with van der Waals surface area (Å²) >= 11 is 0. The number of nitrogens with zero attached hydrogens (tertiary/aromatic N) is 3. The number of fused-ring (bicyclic) bond motifs is 1. The lowest BCUT2D eigenvalue weighted by molar-refractivity contribution is -0.383. The highest BCUT2D eigenvalue weighted by atomic mass is 16.6. The Balaban J connectivity index is 0.000000269. The zero-order valence-corrected chi connectivity index (χ0v) is 16.8. The van der Waals surface area contributed by atoms with Crippen LogP contribution in [0.3, 0.4) is 0 Å². The Morgan fingerprint density at radius 2 is 1.63 bits per heavy atom. The molecule has 2 N–H and O–H groups in total. The number of nitro groups is 1. The standard InChI is InChI=1S/C15H12N4O3.C8H10/c1-18-15(20)11-5-3-2-4-10(11)14(17-18)9-6-7-12(16)13(8-9)19(21)22;1-2-8-6-4-3-5-7-8/h2-8H,16H2,1H3;3-7H,2H2,1H3. The Morgan fingerprint density at radius 3 is 2.23 bits per heavy atom. The molecule has 0 aliphatic rings. The van der Waals surface area contributed by atoms with E-state index in [4.69, 9.17) is 5.73 Å². The van der Waals surface area contributed by atoms with E-state index in [1.807, 2.05) is 6.07 Å². The van der Waals surface area contributed by atoms with Crippen molar-refractivity contribution in [1.29, 1.82) is 0 Å². The lowest BCUT2D eigenvalue weighted by atomic mass is 10.0. The quantitative estimate of drug-likeness (QED) is 0.312. The van der Waals surface area contributed by atoms with Gasteiger partial charge in [-0.05, 0) is 24.1 Å². The van der Waals surface area contributed by atoms with E-state index in [0.29, 0.717) is 22.0 Å². The van der Waals surface area contributed by atoms with Gasteiger partial charge < -0.3 is 5.73 Å². The summed E-state index contributed by atoms with van der Waals surface area (Å²) in [6.07, 6.45) is 1.14. The molecule has 7 nitrogen and oxygen atoms in total. The van der Waals surface area contributed by atoms with Gasteiger partial charge in [0.1, 0.15) is 5.69 Å². The van der Waals surface area contributed by atoms with Crippen molar-refractivity contribution >= 4 is 22.1 Å². The van der Waals surface area contributed by atoms with Gasteiger partial charge in [-0.25, -0.2) is 4.68 Å². The summed E-state index contributed by atoms with van der Waals surface area (Å²) in [6, 6.07) is 22.0. The van der Waals surface area contributed by atoms with Crippen molar-refractivity contribution in [3.63, 3.8) is 0 Å². The van der Waals surface area contributed by atoms with Crippen LogP contribution in [0.15, 0.2) is 77.6 Å².